The van der Waals surface area contributed by atoms with Crippen molar-refractivity contribution in [3.8, 4) is 11.5 Å². The van der Waals surface area contributed by atoms with Crippen molar-refractivity contribution >= 4 is 17.4 Å². The van der Waals surface area contributed by atoms with Crippen LogP contribution in [-0.2, 0) is 11.2 Å². The summed E-state index contributed by atoms with van der Waals surface area (Å²) in [6.07, 6.45) is 0.308. The summed E-state index contributed by atoms with van der Waals surface area (Å²) in [4.78, 5) is 24.3. The molecule has 0 spiro atoms. The zero-order valence-corrected chi connectivity index (χ0v) is 12.3. The zero-order chi connectivity index (χ0) is 15.7. The van der Waals surface area contributed by atoms with Crippen molar-refractivity contribution in [1.29, 1.82) is 0 Å². The molecule has 1 aliphatic heterocycles. The van der Waals surface area contributed by atoms with E-state index in [1.165, 1.54) is 7.11 Å². The molecule has 0 unspecified atom stereocenters. The van der Waals surface area contributed by atoms with E-state index in [0.717, 1.165) is 5.56 Å². The predicted molar refractivity (Wildman–Crippen MR) is 81.8 cm³/mol. The SMILES string of the molecule is COc1ccc(C(=O)c2cccc3c2NC(=O)C3)cc1OC. The molecule has 5 heteroatoms. The molecule has 1 heterocycles. The van der Waals surface area contributed by atoms with Crippen LogP contribution >= 0.6 is 0 Å². The normalized spacial score (nSPS) is 12.5. The van der Waals surface area contributed by atoms with Crippen LogP contribution in [0.25, 0.3) is 0 Å². The van der Waals surface area contributed by atoms with Crippen molar-refractivity contribution in [2.75, 3.05) is 19.5 Å². The van der Waals surface area contributed by atoms with Gasteiger partial charge in [0.2, 0.25) is 5.91 Å². The van der Waals surface area contributed by atoms with E-state index >= 15 is 0 Å². The lowest BCUT2D eigenvalue weighted by Gasteiger charge is -2.11. The van der Waals surface area contributed by atoms with E-state index in [2.05, 4.69) is 5.32 Å². The van der Waals surface area contributed by atoms with Gasteiger partial charge in [-0.3, -0.25) is 9.59 Å². The molecule has 5 nitrogen and oxygen atoms in total. The van der Waals surface area contributed by atoms with Crippen LogP contribution in [0.3, 0.4) is 0 Å². The van der Waals surface area contributed by atoms with Crippen molar-refractivity contribution < 1.29 is 19.1 Å². The Morgan fingerprint density at radius 1 is 1.09 bits per heavy atom. The standard InChI is InChI=1S/C17H15NO4/c1-21-13-7-6-11(8-14(13)22-2)17(20)12-5-3-4-10-9-15(19)18-16(10)12/h3-8H,9H2,1-2H3,(H,18,19). The van der Waals surface area contributed by atoms with E-state index in [4.69, 9.17) is 9.47 Å². The summed E-state index contributed by atoms with van der Waals surface area (Å²) in [7, 11) is 3.06. The molecule has 2 aromatic carbocycles. The number of rotatable bonds is 4. The first-order valence-electron chi connectivity index (χ1n) is 6.82. The number of amides is 1. The van der Waals surface area contributed by atoms with E-state index < -0.39 is 0 Å². The molecular formula is C17H15NO4. The zero-order valence-electron chi connectivity index (χ0n) is 12.3. The Kier molecular flexibility index (Phi) is 3.55. The molecule has 0 atom stereocenters. The highest BCUT2D eigenvalue weighted by atomic mass is 16.5. The van der Waals surface area contributed by atoms with Gasteiger partial charge in [0.15, 0.2) is 17.3 Å². The first-order valence-corrected chi connectivity index (χ1v) is 6.82. The van der Waals surface area contributed by atoms with Gasteiger partial charge in [0.05, 0.1) is 26.3 Å². The molecule has 0 saturated carbocycles. The van der Waals surface area contributed by atoms with Crippen molar-refractivity contribution in [2.24, 2.45) is 0 Å². The quantitative estimate of drug-likeness (QED) is 0.880. The van der Waals surface area contributed by atoms with E-state index in [-0.39, 0.29) is 11.7 Å². The number of benzene rings is 2. The van der Waals surface area contributed by atoms with Gasteiger partial charge in [-0.25, -0.2) is 0 Å². The molecule has 3 rings (SSSR count). The fourth-order valence-electron chi connectivity index (χ4n) is 2.57. The van der Waals surface area contributed by atoms with E-state index in [9.17, 15) is 9.59 Å². The second-order valence-corrected chi connectivity index (χ2v) is 4.96. The van der Waals surface area contributed by atoms with Crippen molar-refractivity contribution in [1.82, 2.24) is 0 Å². The monoisotopic (exact) mass is 297 g/mol. The van der Waals surface area contributed by atoms with E-state index in [1.807, 2.05) is 6.07 Å². The minimum Gasteiger partial charge on any atom is -0.493 e. The summed E-state index contributed by atoms with van der Waals surface area (Å²) < 4.78 is 10.4. The second kappa shape index (κ2) is 5.52. The minimum absolute atomic E-state index is 0.0949. The summed E-state index contributed by atoms with van der Waals surface area (Å²) in [5, 5.41) is 2.75. The number of nitrogens with one attached hydrogen (secondary N) is 1. The Morgan fingerprint density at radius 2 is 1.86 bits per heavy atom. The number of para-hydroxylation sites is 1. The van der Waals surface area contributed by atoms with Gasteiger partial charge >= 0.3 is 0 Å². The third kappa shape index (κ3) is 2.30. The maximum absolute atomic E-state index is 12.7. The fourth-order valence-corrected chi connectivity index (χ4v) is 2.57. The topological polar surface area (TPSA) is 64.6 Å². The largest absolute Gasteiger partial charge is 0.493 e. The Bertz CT molecular complexity index is 767. The summed E-state index contributed by atoms with van der Waals surface area (Å²) >= 11 is 0. The lowest BCUT2D eigenvalue weighted by molar-refractivity contribution is -0.115. The van der Waals surface area contributed by atoms with Crippen LogP contribution in [0.2, 0.25) is 0 Å². The number of carbonyl (C=O) groups is 2. The Hall–Kier alpha value is -2.82. The van der Waals surface area contributed by atoms with Gasteiger partial charge in [-0.05, 0) is 29.8 Å². The molecule has 2 aromatic rings. The smallest absolute Gasteiger partial charge is 0.228 e. The number of methoxy groups -OCH3 is 2. The van der Waals surface area contributed by atoms with Gasteiger partial charge in [-0.2, -0.15) is 0 Å². The van der Waals surface area contributed by atoms with Crippen LogP contribution in [0.5, 0.6) is 11.5 Å². The third-order valence-electron chi connectivity index (χ3n) is 3.66. The molecule has 1 aliphatic rings. The Balaban J connectivity index is 2.02. The lowest BCUT2D eigenvalue weighted by Crippen LogP contribution is -2.08. The average Bonchev–Trinajstić information content (AvgIpc) is 2.93. The Labute approximate surface area is 127 Å². The molecule has 0 fully saturated rings. The number of ether oxygens (including phenoxy) is 2. The molecule has 0 bridgehead atoms. The first-order chi connectivity index (χ1) is 10.6. The summed E-state index contributed by atoms with van der Waals surface area (Å²) in [6.45, 7) is 0. The number of ketones is 1. The summed E-state index contributed by atoms with van der Waals surface area (Å²) in [5.74, 6) is 0.790. The van der Waals surface area contributed by atoms with Crippen LogP contribution < -0.4 is 14.8 Å². The minimum atomic E-state index is -0.167. The molecule has 0 aromatic heterocycles. The molecule has 1 N–H and O–H groups in total. The first kappa shape index (κ1) is 14.1. The maximum atomic E-state index is 12.7. The van der Waals surface area contributed by atoms with Crippen LogP contribution in [0.4, 0.5) is 5.69 Å². The van der Waals surface area contributed by atoms with Crippen LogP contribution in [0.15, 0.2) is 36.4 Å². The van der Waals surface area contributed by atoms with Gasteiger partial charge in [0.1, 0.15) is 0 Å². The average molecular weight is 297 g/mol. The number of hydrogen-bond donors (Lipinski definition) is 1. The predicted octanol–water partition coefficient (Wildman–Crippen LogP) is 2.43. The van der Waals surface area contributed by atoms with E-state index in [0.29, 0.717) is 34.7 Å². The molecule has 112 valence electrons. The lowest BCUT2D eigenvalue weighted by atomic mass is 9.99. The highest BCUT2D eigenvalue weighted by Gasteiger charge is 2.24. The molecule has 0 radical (unpaired) electrons. The van der Waals surface area contributed by atoms with Crippen molar-refractivity contribution in [3.63, 3.8) is 0 Å². The fraction of sp³-hybridized carbons (Fsp3) is 0.176. The third-order valence-corrected chi connectivity index (χ3v) is 3.66. The van der Waals surface area contributed by atoms with Crippen LogP contribution in [0, 0.1) is 0 Å². The molecule has 0 saturated heterocycles. The van der Waals surface area contributed by atoms with Crippen LogP contribution in [0.1, 0.15) is 21.5 Å². The molecular weight excluding hydrogens is 282 g/mol. The molecule has 22 heavy (non-hydrogen) atoms. The summed E-state index contributed by atoms with van der Waals surface area (Å²) in [6, 6.07) is 10.3. The van der Waals surface area contributed by atoms with E-state index in [1.54, 1.807) is 37.4 Å². The Morgan fingerprint density at radius 3 is 2.59 bits per heavy atom. The van der Waals surface area contributed by atoms with Crippen molar-refractivity contribution in [2.45, 2.75) is 6.42 Å². The second-order valence-electron chi connectivity index (χ2n) is 4.96. The summed E-state index contributed by atoms with van der Waals surface area (Å²) in [5.41, 5.74) is 2.41. The number of hydrogen-bond acceptors (Lipinski definition) is 4. The molecule has 1 amide bonds. The highest BCUT2D eigenvalue weighted by Crippen LogP contribution is 2.32. The highest BCUT2D eigenvalue weighted by molar-refractivity contribution is 6.16. The van der Waals surface area contributed by atoms with Gasteiger partial charge in [-0.1, -0.05) is 12.1 Å². The number of fused-ring (bicyclic) bond motifs is 1. The van der Waals surface area contributed by atoms with Crippen molar-refractivity contribution in [3.05, 3.63) is 53.1 Å². The number of carbonyl (C=O) groups excluding carboxylic acids is 2. The number of anilines is 1. The van der Waals surface area contributed by atoms with Gasteiger partial charge in [0, 0.05) is 11.1 Å². The van der Waals surface area contributed by atoms with Gasteiger partial charge in [0.25, 0.3) is 0 Å². The maximum Gasteiger partial charge on any atom is 0.228 e. The molecule has 0 aliphatic carbocycles. The van der Waals surface area contributed by atoms with Gasteiger partial charge in [-0.15, -0.1) is 0 Å². The van der Waals surface area contributed by atoms with Gasteiger partial charge < -0.3 is 14.8 Å². The van der Waals surface area contributed by atoms with Crippen LogP contribution in [-0.4, -0.2) is 25.9 Å².